The quantitative estimate of drug-likeness (QED) is 0.711. The Bertz CT molecular complexity index is 353. The van der Waals surface area contributed by atoms with Crippen LogP contribution in [-0.4, -0.2) is 12.2 Å². The van der Waals surface area contributed by atoms with Crippen LogP contribution in [0.4, 0.5) is 0 Å². The fourth-order valence-corrected chi connectivity index (χ4v) is 1.61. The molecule has 2 nitrogen and oxygen atoms in total. The molecule has 0 aromatic heterocycles. The van der Waals surface area contributed by atoms with Crippen molar-refractivity contribution >= 4 is 6.08 Å². The summed E-state index contributed by atoms with van der Waals surface area (Å²) in [6, 6.07) is 3.66. The van der Waals surface area contributed by atoms with Crippen molar-refractivity contribution in [1.82, 2.24) is 0 Å². The van der Waals surface area contributed by atoms with Crippen molar-refractivity contribution in [1.29, 1.82) is 0 Å². The van der Waals surface area contributed by atoms with Crippen molar-refractivity contribution in [3.05, 3.63) is 29.3 Å². The molecule has 0 radical (unpaired) electrons. The van der Waals surface area contributed by atoms with Crippen LogP contribution < -0.4 is 4.74 Å². The first-order valence-electron chi connectivity index (χ1n) is 4.37. The molecule has 68 valence electrons. The van der Waals surface area contributed by atoms with Crippen molar-refractivity contribution in [3.63, 3.8) is 0 Å². The second-order valence-corrected chi connectivity index (χ2v) is 3.16. The van der Waals surface area contributed by atoms with Crippen LogP contribution in [0.3, 0.4) is 0 Å². The molecule has 2 heteroatoms. The summed E-state index contributed by atoms with van der Waals surface area (Å²) in [5.41, 5.74) is 2.35. The van der Waals surface area contributed by atoms with E-state index in [1.807, 2.05) is 12.1 Å². The highest BCUT2D eigenvalue weighted by atomic mass is 16.5. The van der Waals surface area contributed by atoms with E-state index in [-0.39, 0.29) is 5.75 Å². The summed E-state index contributed by atoms with van der Waals surface area (Å²) in [7, 11) is 1.57. The molecule has 0 aliphatic heterocycles. The molecule has 1 aromatic carbocycles. The van der Waals surface area contributed by atoms with Crippen LogP contribution in [0.2, 0.25) is 0 Å². The van der Waals surface area contributed by atoms with Gasteiger partial charge in [0.05, 0.1) is 7.11 Å². The summed E-state index contributed by atoms with van der Waals surface area (Å²) in [5, 5.41) is 9.51. The fourth-order valence-electron chi connectivity index (χ4n) is 1.61. The Morgan fingerprint density at radius 2 is 2.23 bits per heavy atom. The Labute approximate surface area is 77.5 Å². The molecule has 0 heterocycles. The van der Waals surface area contributed by atoms with Crippen LogP contribution in [0.25, 0.3) is 6.08 Å². The van der Waals surface area contributed by atoms with Gasteiger partial charge in [0.25, 0.3) is 0 Å². The highest BCUT2D eigenvalue weighted by Gasteiger charge is 2.09. The van der Waals surface area contributed by atoms with Crippen molar-refractivity contribution in [2.45, 2.75) is 12.8 Å². The summed E-state index contributed by atoms with van der Waals surface area (Å²) in [6.45, 7) is 0. The standard InChI is InChI=1S/C11H12O2/c1-13-11-7-9-5-3-2-4-8(9)6-10(11)12/h2,4,6-7,12H,3,5H2,1H3. The fraction of sp³-hybridized carbons (Fsp3) is 0.273. The number of fused-ring (bicyclic) bond motifs is 1. The van der Waals surface area contributed by atoms with Crippen LogP contribution in [0, 0.1) is 0 Å². The summed E-state index contributed by atoms with van der Waals surface area (Å²) in [5.74, 6) is 0.779. The zero-order chi connectivity index (χ0) is 9.26. The van der Waals surface area contributed by atoms with Crippen molar-refractivity contribution < 1.29 is 9.84 Å². The molecular weight excluding hydrogens is 164 g/mol. The number of phenolic OH excluding ortho intramolecular Hbond substituents is 1. The van der Waals surface area contributed by atoms with Crippen LogP contribution in [0.1, 0.15) is 17.5 Å². The zero-order valence-corrected chi connectivity index (χ0v) is 7.58. The van der Waals surface area contributed by atoms with Crippen molar-refractivity contribution in [3.8, 4) is 11.5 Å². The van der Waals surface area contributed by atoms with E-state index in [0.717, 1.165) is 18.4 Å². The van der Waals surface area contributed by atoms with Gasteiger partial charge in [-0.1, -0.05) is 12.2 Å². The van der Waals surface area contributed by atoms with Crippen molar-refractivity contribution in [2.24, 2.45) is 0 Å². The number of allylic oxidation sites excluding steroid dienone is 1. The lowest BCUT2D eigenvalue weighted by atomic mass is 9.97. The SMILES string of the molecule is COc1cc2c(cc1O)C=CCC2. The van der Waals surface area contributed by atoms with Gasteiger partial charge in [-0.15, -0.1) is 0 Å². The number of phenols is 1. The van der Waals surface area contributed by atoms with E-state index < -0.39 is 0 Å². The van der Waals surface area contributed by atoms with Gasteiger partial charge in [-0.3, -0.25) is 0 Å². The van der Waals surface area contributed by atoms with Crippen molar-refractivity contribution in [2.75, 3.05) is 7.11 Å². The first-order chi connectivity index (χ1) is 6.31. The van der Waals surface area contributed by atoms with Crippen LogP contribution >= 0.6 is 0 Å². The molecule has 1 N–H and O–H groups in total. The molecule has 1 aliphatic carbocycles. The molecule has 0 amide bonds. The Morgan fingerprint density at radius 3 is 3.00 bits per heavy atom. The molecule has 0 saturated heterocycles. The number of aromatic hydroxyl groups is 1. The van der Waals surface area contributed by atoms with Gasteiger partial charge >= 0.3 is 0 Å². The van der Waals surface area contributed by atoms with Gasteiger partial charge in [0.1, 0.15) is 0 Å². The van der Waals surface area contributed by atoms with E-state index in [0.29, 0.717) is 5.75 Å². The number of hydrogen-bond donors (Lipinski definition) is 1. The lowest BCUT2D eigenvalue weighted by Gasteiger charge is -2.12. The van der Waals surface area contributed by atoms with Crippen LogP contribution in [-0.2, 0) is 6.42 Å². The van der Waals surface area contributed by atoms with Gasteiger partial charge in [0.15, 0.2) is 11.5 Å². The van der Waals surface area contributed by atoms with E-state index in [4.69, 9.17) is 4.74 Å². The van der Waals surface area contributed by atoms with Gasteiger partial charge in [-0.25, -0.2) is 0 Å². The van der Waals surface area contributed by atoms with Gasteiger partial charge in [0.2, 0.25) is 0 Å². The Morgan fingerprint density at radius 1 is 1.38 bits per heavy atom. The second kappa shape index (κ2) is 3.13. The lowest BCUT2D eigenvalue weighted by Crippen LogP contribution is -1.95. The minimum atomic E-state index is 0.216. The number of aryl methyl sites for hydroxylation is 1. The molecule has 1 aliphatic rings. The maximum Gasteiger partial charge on any atom is 0.160 e. The molecule has 13 heavy (non-hydrogen) atoms. The topological polar surface area (TPSA) is 29.5 Å². The number of methoxy groups -OCH3 is 1. The van der Waals surface area contributed by atoms with Crippen LogP contribution in [0.15, 0.2) is 18.2 Å². The zero-order valence-electron chi connectivity index (χ0n) is 7.58. The molecule has 1 aromatic rings. The normalized spacial score (nSPS) is 13.9. The van der Waals surface area contributed by atoms with E-state index >= 15 is 0 Å². The summed E-state index contributed by atoms with van der Waals surface area (Å²) in [4.78, 5) is 0. The first kappa shape index (κ1) is 8.17. The molecule has 0 unspecified atom stereocenters. The van der Waals surface area contributed by atoms with Gasteiger partial charge in [-0.2, -0.15) is 0 Å². The number of ether oxygens (including phenoxy) is 1. The summed E-state index contributed by atoms with van der Waals surface area (Å²) >= 11 is 0. The summed E-state index contributed by atoms with van der Waals surface area (Å²) < 4.78 is 5.04. The smallest absolute Gasteiger partial charge is 0.160 e. The maximum atomic E-state index is 9.51. The van der Waals surface area contributed by atoms with E-state index in [1.54, 1.807) is 13.2 Å². The monoisotopic (exact) mass is 176 g/mol. The molecule has 2 rings (SSSR count). The highest BCUT2D eigenvalue weighted by Crippen LogP contribution is 2.32. The average Bonchev–Trinajstić information content (AvgIpc) is 2.17. The second-order valence-electron chi connectivity index (χ2n) is 3.16. The minimum absolute atomic E-state index is 0.216. The third-order valence-corrected chi connectivity index (χ3v) is 2.32. The lowest BCUT2D eigenvalue weighted by molar-refractivity contribution is 0.373. The van der Waals surface area contributed by atoms with Gasteiger partial charge in [-0.05, 0) is 36.1 Å². The molecule has 0 saturated carbocycles. The number of rotatable bonds is 1. The van der Waals surface area contributed by atoms with E-state index in [9.17, 15) is 5.11 Å². The number of benzene rings is 1. The molecular formula is C11H12O2. The highest BCUT2D eigenvalue weighted by molar-refractivity contribution is 5.61. The van der Waals surface area contributed by atoms with Gasteiger partial charge in [0, 0.05) is 0 Å². The average molecular weight is 176 g/mol. The van der Waals surface area contributed by atoms with E-state index in [1.165, 1.54) is 5.56 Å². The molecule has 0 spiro atoms. The van der Waals surface area contributed by atoms with Gasteiger partial charge < -0.3 is 9.84 Å². The first-order valence-corrected chi connectivity index (χ1v) is 4.37. The Balaban J connectivity index is 2.52. The number of hydrogen-bond acceptors (Lipinski definition) is 2. The van der Waals surface area contributed by atoms with E-state index in [2.05, 4.69) is 6.08 Å². The Hall–Kier alpha value is -1.44. The third-order valence-electron chi connectivity index (χ3n) is 2.32. The molecule has 0 fully saturated rings. The predicted molar refractivity (Wildman–Crippen MR) is 52.0 cm³/mol. The largest absolute Gasteiger partial charge is 0.504 e. The minimum Gasteiger partial charge on any atom is -0.504 e. The van der Waals surface area contributed by atoms with Crippen LogP contribution in [0.5, 0.6) is 11.5 Å². The maximum absolute atomic E-state index is 9.51. The third kappa shape index (κ3) is 1.39. The Kier molecular flexibility index (Phi) is 1.97. The summed E-state index contributed by atoms with van der Waals surface area (Å²) in [6.07, 6.45) is 6.26. The molecule has 0 bridgehead atoms. The predicted octanol–water partition coefficient (Wildman–Crippen LogP) is 2.36. The molecule has 0 atom stereocenters.